The van der Waals surface area contributed by atoms with E-state index >= 15 is 0 Å². The number of benzene rings is 1. The molecule has 0 saturated carbocycles. The van der Waals surface area contributed by atoms with Crippen LogP contribution < -0.4 is 15.4 Å². The second kappa shape index (κ2) is 10.6. The molecule has 0 spiro atoms. The van der Waals surface area contributed by atoms with E-state index in [9.17, 15) is 35.9 Å². The van der Waals surface area contributed by atoms with E-state index in [0.717, 1.165) is 38.8 Å². The number of amides is 2. The largest absolute Gasteiger partial charge is 0.573 e. The number of alkyl halides is 6. The van der Waals surface area contributed by atoms with Gasteiger partial charge < -0.3 is 20.3 Å². The Labute approximate surface area is 187 Å². The van der Waals surface area contributed by atoms with Crippen LogP contribution in [0.25, 0.3) is 0 Å². The second-order valence-electron chi connectivity index (χ2n) is 8.45. The van der Waals surface area contributed by atoms with Crippen LogP contribution >= 0.6 is 0 Å². The Bertz CT molecular complexity index is 818. The Morgan fingerprint density at radius 1 is 1.06 bits per heavy atom. The highest BCUT2D eigenvalue weighted by Gasteiger charge is 2.52. The number of nitrogens with one attached hydrogen (secondary N) is 2. The van der Waals surface area contributed by atoms with Crippen LogP contribution in [0.5, 0.6) is 5.75 Å². The van der Waals surface area contributed by atoms with E-state index < -0.39 is 35.5 Å². The van der Waals surface area contributed by atoms with Crippen molar-refractivity contribution in [2.45, 2.75) is 39.2 Å². The maximum absolute atomic E-state index is 12.9. The number of hydrogen-bond donors (Lipinski definition) is 2. The van der Waals surface area contributed by atoms with Gasteiger partial charge in [0.25, 0.3) is 5.91 Å². The molecule has 0 atom stereocenters. The van der Waals surface area contributed by atoms with E-state index in [0.29, 0.717) is 26.2 Å². The van der Waals surface area contributed by atoms with Crippen molar-refractivity contribution in [1.29, 1.82) is 0 Å². The summed E-state index contributed by atoms with van der Waals surface area (Å²) >= 11 is 0. The monoisotopic (exact) mass is 483 g/mol. The number of nitrogens with zero attached hydrogens (tertiary/aromatic N) is 1. The van der Waals surface area contributed by atoms with E-state index in [1.807, 2.05) is 4.90 Å². The predicted molar refractivity (Wildman–Crippen MR) is 107 cm³/mol. The van der Waals surface area contributed by atoms with E-state index in [1.54, 1.807) is 0 Å². The lowest BCUT2D eigenvalue weighted by Gasteiger charge is -2.32. The third-order valence-electron chi connectivity index (χ3n) is 5.58. The molecule has 1 aromatic rings. The van der Waals surface area contributed by atoms with Crippen LogP contribution in [-0.2, 0) is 4.79 Å². The summed E-state index contributed by atoms with van der Waals surface area (Å²) in [6, 6.07) is 4.80. The molecule has 6 nitrogen and oxygen atoms in total. The maximum Gasteiger partial charge on any atom is 0.573 e. The molecule has 1 heterocycles. The first-order valence-electron chi connectivity index (χ1n) is 10.4. The van der Waals surface area contributed by atoms with Crippen molar-refractivity contribution in [2.75, 3.05) is 32.7 Å². The number of halogens is 6. The lowest BCUT2D eigenvalue weighted by atomic mass is 9.91. The molecule has 2 rings (SSSR count). The molecule has 1 aliphatic heterocycles. The fraction of sp³-hybridized carbons (Fsp3) is 0.619. The zero-order valence-electron chi connectivity index (χ0n) is 18.3. The van der Waals surface area contributed by atoms with Gasteiger partial charge in [-0.25, -0.2) is 0 Å². The summed E-state index contributed by atoms with van der Waals surface area (Å²) in [7, 11) is 0. The third-order valence-corrected chi connectivity index (χ3v) is 5.58. The number of rotatable bonds is 8. The minimum absolute atomic E-state index is 0.0479. The summed E-state index contributed by atoms with van der Waals surface area (Å²) in [6.45, 7) is 3.81. The number of carbonyl (C=O) groups is 2. The zero-order chi connectivity index (χ0) is 24.9. The Hall–Kier alpha value is -2.50. The third kappa shape index (κ3) is 8.09. The van der Waals surface area contributed by atoms with Crippen LogP contribution in [0.2, 0.25) is 0 Å². The maximum atomic E-state index is 12.9. The molecule has 186 valence electrons. The molecule has 1 fully saturated rings. The van der Waals surface area contributed by atoms with Gasteiger partial charge in [0, 0.05) is 25.2 Å². The van der Waals surface area contributed by atoms with Gasteiger partial charge in [-0.15, -0.1) is 13.2 Å². The Morgan fingerprint density at radius 2 is 1.70 bits per heavy atom. The molecule has 2 amide bonds. The van der Waals surface area contributed by atoms with Crippen molar-refractivity contribution < 1.29 is 40.7 Å². The molecule has 12 heteroatoms. The quantitative estimate of drug-likeness (QED) is 0.553. The van der Waals surface area contributed by atoms with Crippen LogP contribution in [-0.4, -0.2) is 62.0 Å². The lowest BCUT2D eigenvalue weighted by Crippen LogP contribution is -2.49. The molecule has 0 bridgehead atoms. The van der Waals surface area contributed by atoms with Crippen molar-refractivity contribution in [3.8, 4) is 5.75 Å². The van der Waals surface area contributed by atoms with Gasteiger partial charge in [0.1, 0.15) is 11.2 Å². The molecule has 33 heavy (non-hydrogen) atoms. The van der Waals surface area contributed by atoms with Crippen LogP contribution in [0.15, 0.2) is 24.3 Å². The molecule has 0 aliphatic carbocycles. The van der Waals surface area contributed by atoms with E-state index in [2.05, 4.69) is 15.4 Å². The van der Waals surface area contributed by atoms with Crippen LogP contribution in [0.1, 0.15) is 37.0 Å². The molecule has 1 aliphatic rings. The van der Waals surface area contributed by atoms with E-state index in [-0.39, 0.29) is 18.0 Å². The molecule has 0 unspecified atom stereocenters. The first-order valence-corrected chi connectivity index (χ1v) is 10.4. The summed E-state index contributed by atoms with van der Waals surface area (Å²) in [5.41, 5.74) is -2.41. The summed E-state index contributed by atoms with van der Waals surface area (Å²) in [4.78, 5) is 26.1. The topological polar surface area (TPSA) is 70.7 Å². The van der Waals surface area contributed by atoms with Crippen molar-refractivity contribution in [3.63, 3.8) is 0 Å². The highest BCUT2D eigenvalue weighted by Crippen LogP contribution is 2.37. The van der Waals surface area contributed by atoms with Crippen molar-refractivity contribution in [1.82, 2.24) is 15.5 Å². The number of carbonyl (C=O) groups excluding carboxylic acids is 2. The van der Waals surface area contributed by atoms with Gasteiger partial charge in [0.05, 0.1) is 0 Å². The van der Waals surface area contributed by atoms with Gasteiger partial charge in [0.15, 0.2) is 0 Å². The Morgan fingerprint density at radius 3 is 2.27 bits per heavy atom. The van der Waals surface area contributed by atoms with Gasteiger partial charge in [-0.3, -0.25) is 9.59 Å². The predicted octanol–water partition coefficient (Wildman–Crippen LogP) is 3.73. The normalized spacial score (nSPS) is 16.4. The fourth-order valence-electron chi connectivity index (χ4n) is 3.26. The first-order chi connectivity index (χ1) is 15.2. The SMILES string of the molecule is CC(C)(C(=O)NCCN1CCC(CNC(=O)c2cccc(OC(F)(F)F)c2)CC1)C(F)(F)F. The molecule has 1 aromatic carbocycles. The fourth-order valence-corrected chi connectivity index (χ4v) is 3.26. The summed E-state index contributed by atoms with van der Waals surface area (Å²) in [6.07, 6.45) is -8.04. The summed E-state index contributed by atoms with van der Waals surface area (Å²) in [5, 5.41) is 5.03. The Balaban J connectivity index is 1.71. The molecule has 0 radical (unpaired) electrons. The van der Waals surface area contributed by atoms with Gasteiger partial charge in [-0.1, -0.05) is 6.07 Å². The second-order valence-corrected chi connectivity index (χ2v) is 8.45. The van der Waals surface area contributed by atoms with Crippen molar-refractivity contribution in [3.05, 3.63) is 29.8 Å². The standard InChI is InChI=1S/C21H27F6N3O3/c1-19(2,20(22,23)24)18(32)28-8-11-30-9-6-14(7-10-30)13-29-17(31)15-4-3-5-16(12-15)33-21(25,26)27/h3-5,12,14H,6-11,13H2,1-2H3,(H,28,32)(H,29,31). The molecule has 1 saturated heterocycles. The van der Waals surface area contributed by atoms with Crippen LogP contribution in [0, 0.1) is 11.3 Å². The summed E-state index contributed by atoms with van der Waals surface area (Å²) < 4.78 is 79.4. The zero-order valence-corrected chi connectivity index (χ0v) is 18.3. The molecule has 0 aromatic heterocycles. The van der Waals surface area contributed by atoms with Crippen LogP contribution in [0.3, 0.4) is 0 Å². The van der Waals surface area contributed by atoms with Gasteiger partial charge >= 0.3 is 12.5 Å². The minimum atomic E-state index is -4.85. The smallest absolute Gasteiger partial charge is 0.406 e. The molecular formula is C21H27F6N3O3. The first kappa shape index (κ1) is 26.7. The summed E-state index contributed by atoms with van der Waals surface area (Å²) in [5.74, 6) is -1.91. The van der Waals surface area contributed by atoms with Gasteiger partial charge in [0.2, 0.25) is 5.91 Å². The van der Waals surface area contributed by atoms with Gasteiger partial charge in [-0.05, 0) is 63.9 Å². The molecule has 2 N–H and O–H groups in total. The Kier molecular flexibility index (Phi) is 8.61. The van der Waals surface area contributed by atoms with Gasteiger partial charge in [-0.2, -0.15) is 13.2 Å². The number of ether oxygens (including phenoxy) is 1. The minimum Gasteiger partial charge on any atom is -0.406 e. The number of piperidine rings is 1. The number of likely N-dealkylation sites (tertiary alicyclic amines) is 1. The van der Waals surface area contributed by atoms with Crippen molar-refractivity contribution >= 4 is 11.8 Å². The average Bonchev–Trinajstić information content (AvgIpc) is 2.71. The average molecular weight is 483 g/mol. The lowest BCUT2D eigenvalue weighted by molar-refractivity contribution is -0.274. The highest BCUT2D eigenvalue weighted by molar-refractivity contribution is 5.94. The van der Waals surface area contributed by atoms with Crippen LogP contribution in [0.4, 0.5) is 26.3 Å². The number of hydrogen-bond acceptors (Lipinski definition) is 4. The van der Waals surface area contributed by atoms with E-state index in [4.69, 9.17) is 0 Å². The van der Waals surface area contributed by atoms with E-state index in [1.165, 1.54) is 12.1 Å². The highest BCUT2D eigenvalue weighted by atomic mass is 19.4. The van der Waals surface area contributed by atoms with Crippen molar-refractivity contribution in [2.24, 2.45) is 11.3 Å². The molecular weight excluding hydrogens is 456 g/mol.